The van der Waals surface area contributed by atoms with Gasteiger partial charge in [0.15, 0.2) is 0 Å². The van der Waals surface area contributed by atoms with Gasteiger partial charge in [0.2, 0.25) is 11.8 Å². The standard InChI is InChI=1S/C24H26FN3O2/c1-27-24(30)22-13-20-17(10-15-6-2-4-8-19(15)20)14-28(22)23(29)12-18(26)11-16-7-3-5-9-21(16)25/h2-9,18,22H,10-14,26H2,1H3,(H,27,30)/t18-,22-/m1/s1. The van der Waals surface area contributed by atoms with E-state index in [-0.39, 0.29) is 30.5 Å². The second-order valence-electron chi connectivity index (χ2n) is 8.03. The molecule has 156 valence electrons. The van der Waals surface area contributed by atoms with E-state index in [1.54, 1.807) is 30.1 Å². The van der Waals surface area contributed by atoms with Crippen LogP contribution in [-0.4, -0.2) is 42.4 Å². The fraction of sp³-hybridized carbons (Fsp3) is 0.333. The normalized spacial score (nSPS) is 18.6. The number of hydrogen-bond donors (Lipinski definition) is 2. The first kappa shape index (κ1) is 20.3. The van der Waals surface area contributed by atoms with E-state index in [9.17, 15) is 14.0 Å². The van der Waals surface area contributed by atoms with Crippen molar-refractivity contribution in [2.75, 3.05) is 13.6 Å². The number of rotatable bonds is 5. The molecule has 0 radical (unpaired) electrons. The second-order valence-corrected chi connectivity index (χ2v) is 8.03. The van der Waals surface area contributed by atoms with E-state index in [1.807, 2.05) is 12.1 Å². The van der Waals surface area contributed by atoms with E-state index in [0.717, 1.165) is 6.42 Å². The highest BCUT2D eigenvalue weighted by Crippen LogP contribution is 2.40. The fourth-order valence-corrected chi connectivity index (χ4v) is 4.54. The van der Waals surface area contributed by atoms with Gasteiger partial charge in [-0.3, -0.25) is 9.59 Å². The van der Waals surface area contributed by atoms with E-state index < -0.39 is 12.1 Å². The lowest BCUT2D eigenvalue weighted by atomic mass is 9.92. The molecule has 6 heteroatoms. The zero-order valence-corrected chi connectivity index (χ0v) is 17.0. The molecule has 0 saturated carbocycles. The highest BCUT2D eigenvalue weighted by Gasteiger charge is 2.38. The van der Waals surface area contributed by atoms with Gasteiger partial charge >= 0.3 is 0 Å². The van der Waals surface area contributed by atoms with Crippen molar-refractivity contribution < 1.29 is 14.0 Å². The Morgan fingerprint density at radius 2 is 1.93 bits per heavy atom. The molecule has 0 fully saturated rings. The van der Waals surface area contributed by atoms with Gasteiger partial charge in [-0.05, 0) is 46.7 Å². The van der Waals surface area contributed by atoms with Crippen LogP contribution in [0.2, 0.25) is 0 Å². The van der Waals surface area contributed by atoms with Crippen molar-refractivity contribution in [3.63, 3.8) is 0 Å². The van der Waals surface area contributed by atoms with E-state index >= 15 is 0 Å². The van der Waals surface area contributed by atoms with E-state index in [0.29, 0.717) is 18.5 Å². The summed E-state index contributed by atoms with van der Waals surface area (Å²) in [6.07, 6.45) is 1.64. The minimum Gasteiger partial charge on any atom is -0.357 e. The van der Waals surface area contributed by atoms with Gasteiger partial charge in [0.1, 0.15) is 11.9 Å². The number of carbonyl (C=O) groups is 2. The first-order chi connectivity index (χ1) is 14.5. The summed E-state index contributed by atoms with van der Waals surface area (Å²) in [7, 11) is 1.58. The van der Waals surface area contributed by atoms with Gasteiger partial charge in [-0.25, -0.2) is 4.39 Å². The summed E-state index contributed by atoms with van der Waals surface area (Å²) in [5.41, 5.74) is 11.5. The third-order valence-electron chi connectivity index (χ3n) is 6.05. The Bertz CT molecular complexity index is 1020. The molecule has 1 aliphatic heterocycles. The van der Waals surface area contributed by atoms with Gasteiger partial charge in [-0.2, -0.15) is 0 Å². The Balaban J connectivity index is 1.51. The minimum atomic E-state index is -0.562. The first-order valence-electron chi connectivity index (χ1n) is 10.3. The highest BCUT2D eigenvalue weighted by atomic mass is 19.1. The molecule has 1 aliphatic carbocycles. The van der Waals surface area contributed by atoms with Gasteiger partial charge in [-0.15, -0.1) is 0 Å². The van der Waals surface area contributed by atoms with Crippen LogP contribution in [0.25, 0.3) is 5.57 Å². The van der Waals surface area contributed by atoms with Crippen molar-refractivity contribution in [3.05, 3.63) is 76.6 Å². The minimum absolute atomic E-state index is 0.0669. The van der Waals surface area contributed by atoms with Gasteiger partial charge in [0.05, 0.1) is 0 Å². The van der Waals surface area contributed by atoms with Crippen molar-refractivity contribution in [1.29, 1.82) is 0 Å². The fourth-order valence-electron chi connectivity index (χ4n) is 4.54. The molecule has 2 amide bonds. The van der Waals surface area contributed by atoms with Crippen LogP contribution in [0.1, 0.15) is 29.5 Å². The number of nitrogens with two attached hydrogens (primary N) is 1. The maximum Gasteiger partial charge on any atom is 0.242 e. The monoisotopic (exact) mass is 407 g/mol. The second kappa shape index (κ2) is 8.40. The molecule has 0 saturated heterocycles. The Morgan fingerprint density at radius 1 is 1.20 bits per heavy atom. The number of carbonyl (C=O) groups excluding carboxylic acids is 2. The van der Waals surface area contributed by atoms with Crippen LogP contribution in [0, 0.1) is 5.82 Å². The Hall–Kier alpha value is -2.99. The SMILES string of the molecule is CNC(=O)[C@H]1CC2=C(Cc3ccccc32)CN1C(=O)C[C@H](N)Cc1ccccc1F. The van der Waals surface area contributed by atoms with E-state index in [2.05, 4.69) is 17.4 Å². The predicted octanol–water partition coefficient (Wildman–Crippen LogP) is 2.44. The average molecular weight is 407 g/mol. The maximum atomic E-state index is 13.9. The molecule has 1 heterocycles. The van der Waals surface area contributed by atoms with Crippen LogP contribution in [0.3, 0.4) is 0 Å². The van der Waals surface area contributed by atoms with Crippen LogP contribution in [-0.2, 0) is 22.4 Å². The predicted molar refractivity (Wildman–Crippen MR) is 114 cm³/mol. The summed E-state index contributed by atoms with van der Waals surface area (Å²) >= 11 is 0. The van der Waals surface area contributed by atoms with Crippen molar-refractivity contribution >= 4 is 17.4 Å². The number of nitrogens with zero attached hydrogens (tertiary/aromatic N) is 1. The third kappa shape index (κ3) is 3.87. The molecule has 2 aromatic rings. The quantitative estimate of drug-likeness (QED) is 0.800. The van der Waals surface area contributed by atoms with Gasteiger partial charge in [0, 0.05) is 32.5 Å². The van der Waals surface area contributed by atoms with E-state index in [4.69, 9.17) is 5.73 Å². The lowest BCUT2D eigenvalue weighted by molar-refractivity contribution is -0.140. The number of halogens is 1. The summed E-state index contributed by atoms with van der Waals surface area (Å²) in [6, 6.07) is 13.6. The van der Waals surface area contributed by atoms with Gasteiger partial charge in [0.25, 0.3) is 0 Å². The van der Waals surface area contributed by atoms with Crippen molar-refractivity contribution in [2.45, 2.75) is 37.8 Å². The van der Waals surface area contributed by atoms with Crippen LogP contribution < -0.4 is 11.1 Å². The molecule has 30 heavy (non-hydrogen) atoms. The summed E-state index contributed by atoms with van der Waals surface area (Å²) in [5.74, 6) is -0.669. The number of amides is 2. The summed E-state index contributed by atoms with van der Waals surface area (Å²) in [4.78, 5) is 27.4. The number of fused-ring (bicyclic) bond motifs is 2. The molecule has 5 nitrogen and oxygen atoms in total. The number of hydrogen-bond acceptors (Lipinski definition) is 3. The Kier molecular flexibility index (Phi) is 5.68. The lowest BCUT2D eigenvalue weighted by Gasteiger charge is -2.36. The third-order valence-corrected chi connectivity index (χ3v) is 6.05. The molecule has 2 atom stereocenters. The summed E-state index contributed by atoms with van der Waals surface area (Å²) < 4.78 is 13.9. The maximum absolute atomic E-state index is 13.9. The lowest BCUT2D eigenvalue weighted by Crippen LogP contribution is -2.52. The number of likely N-dealkylation sites (N-methyl/N-ethyl adjacent to an activating group) is 1. The molecule has 0 spiro atoms. The van der Waals surface area contributed by atoms with E-state index in [1.165, 1.54) is 28.3 Å². The van der Waals surface area contributed by atoms with Gasteiger partial charge in [-0.1, -0.05) is 42.5 Å². The van der Waals surface area contributed by atoms with Crippen LogP contribution >= 0.6 is 0 Å². The van der Waals surface area contributed by atoms with Crippen LogP contribution in [0.15, 0.2) is 54.1 Å². The molecule has 0 aromatic heterocycles. The molecule has 2 aliphatic rings. The van der Waals surface area contributed by atoms with Crippen LogP contribution in [0.4, 0.5) is 4.39 Å². The van der Waals surface area contributed by atoms with Crippen LogP contribution in [0.5, 0.6) is 0 Å². The van der Waals surface area contributed by atoms with Gasteiger partial charge < -0.3 is 16.0 Å². The molecule has 0 unspecified atom stereocenters. The average Bonchev–Trinajstić information content (AvgIpc) is 3.11. The van der Waals surface area contributed by atoms with Crippen molar-refractivity contribution in [3.8, 4) is 0 Å². The smallest absolute Gasteiger partial charge is 0.242 e. The molecule has 3 N–H and O–H groups in total. The molecular weight excluding hydrogens is 381 g/mol. The number of benzene rings is 2. The van der Waals surface area contributed by atoms with Crippen molar-refractivity contribution in [2.24, 2.45) is 5.73 Å². The largest absolute Gasteiger partial charge is 0.357 e. The molecule has 4 rings (SSSR count). The molecule has 0 bridgehead atoms. The zero-order valence-electron chi connectivity index (χ0n) is 17.0. The zero-order chi connectivity index (χ0) is 21.3. The number of nitrogens with one attached hydrogen (secondary N) is 1. The summed E-state index contributed by atoms with van der Waals surface area (Å²) in [5, 5.41) is 2.69. The highest BCUT2D eigenvalue weighted by molar-refractivity contribution is 5.92. The molecule has 2 aromatic carbocycles. The first-order valence-corrected chi connectivity index (χ1v) is 10.3. The Labute approximate surface area is 175 Å². The Morgan fingerprint density at radius 3 is 2.70 bits per heavy atom. The topological polar surface area (TPSA) is 75.4 Å². The van der Waals surface area contributed by atoms with Crippen molar-refractivity contribution in [1.82, 2.24) is 10.2 Å². The molecular formula is C24H26FN3O2. The summed E-state index contributed by atoms with van der Waals surface area (Å²) in [6.45, 7) is 0.424.